The van der Waals surface area contributed by atoms with Crippen LogP contribution in [0.15, 0.2) is 36.9 Å². The minimum Gasteiger partial charge on any atom is -0.352 e. The molecule has 112 valence electrons. The standard InChI is InChI=1S/C15H16N6O/c22-15(12-3-4-14-17-10-19-21(14)9-12)16-8-11-2-1-7-20-13(11)5-6-18-20/h1-2,5-7,10,12H,3-4,8-9H2,(H,16,22). The van der Waals surface area contributed by atoms with Crippen molar-refractivity contribution in [3.05, 3.63) is 48.3 Å². The number of nitrogens with one attached hydrogen (secondary N) is 1. The van der Waals surface area contributed by atoms with Crippen LogP contribution in [0.4, 0.5) is 0 Å². The Labute approximate surface area is 127 Å². The first kappa shape index (κ1) is 13.0. The van der Waals surface area contributed by atoms with Crippen molar-refractivity contribution in [2.24, 2.45) is 5.92 Å². The highest BCUT2D eigenvalue weighted by molar-refractivity contribution is 5.79. The molecule has 1 N–H and O–H groups in total. The summed E-state index contributed by atoms with van der Waals surface area (Å²) in [6.07, 6.45) is 6.83. The highest BCUT2D eigenvalue weighted by Gasteiger charge is 2.25. The Morgan fingerprint density at radius 3 is 3.27 bits per heavy atom. The first-order valence-electron chi connectivity index (χ1n) is 7.37. The second-order valence-corrected chi connectivity index (χ2v) is 5.51. The first-order valence-corrected chi connectivity index (χ1v) is 7.37. The Morgan fingerprint density at radius 2 is 2.32 bits per heavy atom. The van der Waals surface area contributed by atoms with Crippen molar-refractivity contribution >= 4 is 11.4 Å². The van der Waals surface area contributed by atoms with Crippen molar-refractivity contribution in [1.82, 2.24) is 29.7 Å². The molecule has 0 spiro atoms. The van der Waals surface area contributed by atoms with E-state index in [0.717, 1.165) is 29.7 Å². The molecule has 4 rings (SSSR count). The van der Waals surface area contributed by atoms with Gasteiger partial charge in [-0.15, -0.1) is 0 Å². The SMILES string of the molecule is O=C(NCc1cccn2nccc12)C1CCc2ncnn2C1. The molecule has 22 heavy (non-hydrogen) atoms. The summed E-state index contributed by atoms with van der Waals surface area (Å²) in [5.74, 6) is 0.995. The summed E-state index contributed by atoms with van der Waals surface area (Å²) in [6, 6.07) is 5.89. The van der Waals surface area contributed by atoms with Gasteiger partial charge in [0.05, 0.1) is 18.0 Å². The van der Waals surface area contributed by atoms with Gasteiger partial charge in [0, 0.05) is 25.4 Å². The smallest absolute Gasteiger partial charge is 0.225 e. The summed E-state index contributed by atoms with van der Waals surface area (Å²) >= 11 is 0. The van der Waals surface area contributed by atoms with Crippen molar-refractivity contribution in [2.75, 3.05) is 0 Å². The Hall–Kier alpha value is -2.70. The molecular weight excluding hydrogens is 280 g/mol. The van der Waals surface area contributed by atoms with E-state index in [0.29, 0.717) is 13.1 Å². The lowest BCUT2D eigenvalue weighted by atomic mass is 9.99. The molecule has 0 radical (unpaired) electrons. The molecule has 0 aliphatic carbocycles. The van der Waals surface area contributed by atoms with Gasteiger partial charge in [0.1, 0.15) is 12.2 Å². The molecule has 0 bridgehead atoms. The van der Waals surface area contributed by atoms with E-state index in [9.17, 15) is 4.79 Å². The van der Waals surface area contributed by atoms with Gasteiger partial charge < -0.3 is 5.32 Å². The summed E-state index contributed by atoms with van der Waals surface area (Å²) in [6.45, 7) is 1.12. The van der Waals surface area contributed by atoms with Crippen LogP contribution < -0.4 is 5.32 Å². The lowest BCUT2D eigenvalue weighted by Gasteiger charge is -2.21. The van der Waals surface area contributed by atoms with E-state index in [1.165, 1.54) is 0 Å². The van der Waals surface area contributed by atoms with E-state index in [-0.39, 0.29) is 11.8 Å². The maximum Gasteiger partial charge on any atom is 0.225 e. The molecular formula is C15H16N6O. The fraction of sp³-hybridized carbons (Fsp3) is 0.333. The molecule has 7 heteroatoms. The molecule has 1 atom stereocenters. The van der Waals surface area contributed by atoms with E-state index in [2.05, 4.69) is 20.5 Å². The molecule has 1 aliphatic rings. The van der Waals surface area contributed by atoms with Crippen LogP contribution in [0.3, 0.4) is 0 Å². The molecule has 0 fully saturated rings. The minimum atomic E-state index is -0.0427. The molecule has 7 nitrogen and oxygen atoms in total. The van der Waals surface area contributed by atoms with Gasteiger partial charge in [0.25, 0.3) is 0 Å². The Bertz CT molecular complexity index is 820. The summed E-state index contributed by atoms with van der Waals surface area (Å²) in [7, 11) is 0. The van der Waals surface area contributed by atoms with Crippen LogP contribution in [0, 0.1) is 5.92 Å². The van der Waals surface area contributed by atoms with Gasteiger partial charge in [0.15, 0.2) is 0 Å². The van der Waals surface area contributed by atoms with Crippen molar-refractivity contribution in [1.29, 1.82) is 0 Å². The summed E-state index contributed by atoms with van der Waals surface area (Å²) in [5, 5.41) is 11.4. The van der Waals surface area contributed by atoms with E-state index < -0.39 is 0 Å². The fourth-order valence-electron chi connectivity index (χ4n) is 2.94. The second kappa shape index (κ2) is 5.25. The van der Waals surface area contributed by atoms with Gasteiger partial charge in [-0.3, -0.25) is 4.79 Å². The quantitative estimate of drug-likeness (QED) is 0.775. The van der Waals surface area contributed by atoms with Gasteiger partial charge >= 0.3 is 0 Å². The summed E-state index contributed by atoms with van der Waals surface area (Å²) in [4.78, 5) is 16.6. The number of aromatic nitrogens is 5. The summed E-state index contributed by atoms with van der Waals surface area (Å²) in [5.41, 5.74) is 2.08. The van der Waals surface area contributed by atoms with Crippen LogP contribution in [0.2, 0.25) is 0 Å². The van der Waals surface area contributed by atoms with Crippen LogP contribution in [-0.2, 0) is 24.3 Å². The second-order valence-electron chi connectivity index (χ2n) is 5.51. The Balaban J connectivity index is 1.44. The number of carbonyl (C=O) groups is 1. The third-order valence-electron chi connectivity index (χ3n) is 4.15. The topological polar surface area (TPSA) is 77.1 Å². The number of carbonyl (C=O) groups excluding carboxylic acids is 1. The number of fused-ring (bicyclic) bond motifs is 2. The number of hydrogen-bond acceptors (Lipinski definition) is 4. The predicted octanol–water partition coefficient (Wildman–Crippen LogP) is 0.805. The fourth-order valence-corrected chi connectivity index (χ4v) is 2.94. The van der Waals surface area contributed by atoms with Gasteiger partial charge in [-0.25, -0.2) is 14.2 Å². The number of hydrogen-bond donors (Lipinski definition) is 1. The van der Waals surface area contributed by atoms with Crippen LogP contribution in [0.25, 0.3) is 5.52 Å². The third-order valence-corrected chi connectivity index (χ3v) is 4.15. The predicted molar refractivity (Wildman–Crippen MR) is 78.9 cm³/mol. The van der Waals surface area contributed by atoms with Gasteiger partial charge in [0.2, 0.25) is 5.91 Å². The maximum atomic E-state index is 12.4. The minimum absolute atomic E-state index is 0.0427. The molecule has 3 aromatic rings. The molecule has 1 aliphatic heterocycles. The lowest BCUT2D eigenvalue weighted by molar-refractivity contribution is -0.126. The molecule has 3 aromatic heterocycles. The number of pyridine rings is 1. The average molecular weight is 296 g/mol. The van der Waals surface area contributed by atoms with Crippen LogP contribution >= 0.6 is 0 Å². The van der Waals surface area contributed by atoms with Gasteiger partial charge in [-0.05, 0) is 24.1 Å². The molecule has 0 aromatic carbocycles. The van der Waals surface area contributed by atoms with Crippen molar-refractivity contribution in [2.45, 2.75) is 25.9 Å². The molecule has 1 amide bonds. The van der Waals surface area contributed by atoms with E-state index in [1.807, 2.05) is 33.6 Å². The zero-order valence-electron chi connectivity index (χ0n) is 12.0. The van der Waals surface area contributed by atoms with Crippen LogP contribution in [0.1, 0.15) is 17.8 Å². The van der Waals surface area contributed by atoms with Crippen molar-refractivity contribution < 1.29 is 4.79 Å². The molecule has 0 saturated carbocycles. The zero-order valence-corrected chi connectivity index (χ0v) is 12.0. The average Bonchev–Trinajstić information content (AvgIpc) is 3.20. The highest BCUT2D eigenvalue weighted by Crippen LogP contribution is 2.18. The number of rotatable bonds is 3. The summed E-state index contributed by atoms with van der Waals surface area (Å²) < 4.78 is 3.63. The van der Waals surface area contributed by atoms with E-state index >= 15 is 0 Å². The molecule has 4 heterocycles. The number of aryl methyl sites for hydroxylation is 1. The monoisotopic (exact) mass is 296 g/mol. The number of amides is 1. The van der Waals surface area contributed by atoms with Crippen LogP contribution in [-0.4, -0.2) is 30.3 Å². The Kier molecular flexibility index (Phi) is 3.10. The van der Waals surface area contributed by atoms with Crippen molar-refractivity contribution in [3.8, 4) is 0 Å². The highest BCUT2D eigenvalue weighted by atomic mass is 16.1. The van der Waals surface area contributed by atoms with Crippen molar-refractivity contribution in [3.63, 3.8) is 0 Å². The largest absolute Gasteiger partial charge is 0.352 e. The van der Waals surface area contributed by atoms with Crippen LogP contribution in [0.5, 0.6) is 0 Å². The Morgan fingerprint density at radius 1 is 1.36 bits per heavy atom. The van der Waals surface area contributed by atoms with Gasteiger partial charge in [-0.1, -0.05) is 6.07 Å². The normalized spacial score (nSPS) is 17.4. The third kappa shape index (κ3) is 2.24. The van der Waals surface area contributed by atoms with Gasteiger partial charge in [-0.2, -0.15) is 10.2 Å². The lowest BCUT2D eigenvalue weighted by Crippen LogP contribution is -2.36. The molecule has 1 unspecified atom stereocenters. The van der Waals surface area contributed by atoms with E-state index in [4.69, 9.17) is 0 Å². The first-order chi connectivity index (χ1) is 10.8. The zero-order chi connectivity index (χ0) is 14.9. The number of nitrogens with zero attached hydrogens (tertiary/aromatic N) is 5. The molecule has 0 saturated heterocycles. The maximum absolute atomic E-state index is 12.4. The van der Waals surface area contributed by atoms with E-state index in [1.54, 1.807) is 12.5 Å².